The molecule has 0 bridgehead atoms. The van der Waals surface area contributed by atoms with E-state index < -0.39 is 0 Å². The van der Waals surface area contributed by atoms with Gasteiger partial charge >= 0.3 is 0 Å². The zero-order valence-corrected chi connectivity index (χ0v) is 10.4. The third-order valence-electron chi connectivity index (χ3n) is 3.41. The molecular weight excluding hydrogens is 174 g/mol. The second kappa shape index (κ2) is 6.41. The minimum absolute atomic E-state index is 0.297. The number of rotatable bonds is 7. The first kappa shape index (κ1) is 13.9. The van der Waals surface area contributed by atoms with Crippen LogP contribution in [0.1, 0.15) is 41.0 Å². The lowest BCUT2D eigenvalue weighted by atomic mass is 9.81. The molecule has 0 spiro atoms. The van der Waals surface area contributed by atoms with E-state index in [-0.39, 0.29) is 0 Å². The van der Waals surface area contributed by atoms with Crippen molar-refractivity contribution in [3.8, 4) is 0 Å². The highest BCUT2D eigenvalue weighted by atomic mass is 16.3. The summed E-state index contributed by atoms with van der Waals surface area (Å²) in [5.74, 6) is 1.10. The molecule has 0 aromatic heterocycles. The molecule has 1 unspecified atom stereocenters. The number of hydrogen-bond donors (Lipinski definition) is 2. The van der Waals surface area contributed by atoms with Crippen LogP contribution in [0.5, 0.6) is 0 Å². The predicted octanol–water partition coefficient (Wildman–Crippen LogP) is 2.28. The summed E-state index contributed by atoms with van der Waals surface area (Å²) in [6, 6.07) is 0. The lowest BCUT2D eigenvalue weighted by Crippen LogP contribution is -2.36. The molecule has 0 aliphatic heterocycles. The van der Waals surface area contributed by atoms with Crippen LogP contribution in [0.25, 0.3) is 0 Å². The summed E-state index contributed by atoms with van der Waals surface area (Å²) in [4.78, 5) is 0. The second-order valence-electron chi connectivity index (χ2n) is 5.23. The Morgan fingerprint density at radius 2 is 1.86 bits per heavy atom. The quantitative estimate of drug-likeness (QED) is 0.662. The molecule has 86 valence electrons. The van der Waals surface area contributed by atoms with Gasteiger partial charge < -0.3 is 10.4 Å². The number of hydrogen-bond acceptors (Lipinski definition) is 2. The molecule has 14 heavy (non-hydrogen) atoms. The SMILES string of the molecule is CCC(CO)CNCC(C)(C)C(C)C. The third kappa shape index (κ3) is 4.97. The molecule has 0 saturated heterocycles. The number of aliphatic hydroxyl groups is 1. The monoisotopic (exact) mass is 201 g/mol. The molecule has 2 heteroatoms. The van der Waals surface area contributed by atoms with Crippen LogP contribution in [0.2, 0.25) is 0 Å². The van der Waals surface area contributed by atoms with Crippen LogP contribution in [0.4, 0.5) is 0 Å². The molecule has 0 amide bonds. The summed E-state index contributed by atoms with van der Waals surface area (Å²) >= 11 is 0. The molecule has 2 N–H and O–H groups in total. The Labute approximate surface area is 89.1 Å². The van der Waals surface area contributed by atoms with Crippen LogP contribution in [-0.4, -0.2) is 24.8 Å². The molecule has 0 saturated carbocycles. The highest BCUT2D eigenvalue weighted by Gasteiger charge is 2.21. The Kier molecular flexibility index (Phi) is 6.38. The average molecular weight is 201 g/mol. The summed E-state index contributed by atoms with van der Waals surface area (Å²) in [7, 11) is 0. The Balaban J connectivity index is 3.72. The zero-order chi connectivity index (χ0) is 11.2. The van der Waals surface area contributed by atoms with Gasteiger partial charge in [-0.1, -0.05) is 34.6 Å². The van der Waals surface area contributed by atoms with Crippen LogP contribution in [0.15, 0.2) is 0 Å². The van der Waals surface area contributed by atoms with Crippen molar-refractivity contribution in [3.63, 3.8) is 0 Å². The molecule has 0 fully saturated rings. The first-order chi connectivity index (χ1) is 6.44. The van der Waals surface area contributed by atoms with Gasteiger partial charge in [-0.25, -0.2) is 0 Å². The summed E-state index contributed by atoms with van der Waals surface area (Å²) < 4.78 is 0. The van der Waals surface area contributed by atoms with Crippen molar-refractivity contribution < 1.29 is 5.11 Å². The molecule has 0 aromatic rings. The lowest BCUT2D eigenvalue weighted by molar-refractivity contribution is 0.198. The minimum atomic E-state index is 0.297. The lowest BCUT2D eigenvalue weighted by Gasteiger charge is -2.30. The van der Waals surface area contributed by atoms with E-state index in [1.54, 1.807) is 0 Å². The first-order valence-electron chi connectivity index (χ1n) is 5.75. The Morgan fingerprint density at radius 1 is 1.29 bits per heavy atom. The van der Waals surface area contributed by atoms with Crippen molar-refractivity contribution in [2.45, 2.75) is 41.0 Å². The largest absolute Gasteiger partial charge is 0.396 e. The van der Waals surface area contributed by atoms with E-state index >= 15 is 0 Å². The summed E-state index contributed by atoms with van der Waals surface area (Å²) in [6.07, 6.45) is 1.05. The molecule has 0 aliphatic carbocycles. The van der Waals surface area contributed by atoms with Gasteiger partial charge in [-0.05, 0) is 23.7 Å². The van der Waals surface area contributed by atoms with Crippen molar-refractivity contribution in [1.82, 2.24) is 5.32 Å². The molecule has 0 aliphatic rings. The minimum Gasteiger partial charge on any atom is -0.396 e. The molecule has 2 nitrogen and oxygen atoms in total. The maximum Gasteiger partial charge on any atom is 0.0471 e. The normalized spacial score (nSPS) is 14.8. The summed E-state index contributed by atoms with van der Waals surface area (Å²) in [6.45, 7) is 13.5. The van der Waals surface area contributed by atoms with Gasteiger partial charge in [0.05, 0.1) is 0 Å². The molecule has 0 radical (unpaired) electrons. The van der Waals surface area contributed by atoms with Crippen molar-refractivity contribution in [3.05, 3.63) is 0 Å². The second-order valence-corrected chi connectivity index (χ2v) is 5.23. The van der Waals surface area contributed by atoms with Crippen molar-refractivity contribution >= 4 is 0 Å². The molecule has 0 rings (SSSR count). The maximum absolute atomic E-state index is 9.02. The van der Waals surface area contributed by atoms with E-state index in [2.05, 4.69) is 39.9 Å². The highest BCUT2D eigenvalue weighted by Crippen LogP contribution is 2.24. The smallest absolute Gasteiger partial charge is 0.0471 e. The van der Waals surface area contributed by atoms with Gasteiger partial charge in [-0.3, -0.25) is 0 Å². The van der Waals surface area contributed by atoms with E-state index in [0.717, 1.165) is 19.5 Å². The zero-order valence-electron chi connectivity index (χ0n) is 10.4. The summed E-state index contributed by atoms with van der Waals surface area (Å²) in [5.41, 5.74) is 0.341. The molecule has 1 atom stereocenters. The fourth-order valence-electron chi connectivity index (χ4n) is 1.14. The van der Waals surface area contributed by atoms with Gasteiger partial charge in [0.2, 0.25) is 0 Å². The molecule has 0 aromatic carbocycles. The van der Waals surface area contributed by atoms with E-state index in [1.165, 1.54) is 0 Å². The van der Waals surface area contributed by atoms with Gasteiger partial charge in [0.25, 0.3) is 0 Å². The Hall–Kier alpha value is -0.0800. The van der Waals surface area contributed by atoms with Gasteiger partial charge in [0.1, 0.15) is 0 Å². The van der Waals surface area contributed by atoms with Crippen molar-refractivity contribution in [1.29, 1.82) is 0 Å². The van der Waals surface area contributed by atoms with Crippen molar-refractivity contribution in [2.75, 3.05) is 19.7 Å². The fraction of sp³-hybridized carbons (Fsp3) is 1.00. The first-order valence-corrected chi connectivity index (χ1v) is 5.75. The van der Waals surface area contributed by atoms with E-state index in [9.17, 15) is 0 Å². The van der Waals surface area contributed by atoms with Crippen LogP contribution in [0.3, 0.4) is 0 Å². The van der Waals surface area contributed by atoms with E-state index in [4.69, 9.17) is 5.11 Å². The number of aliphatic hydroxyl groups excluding tert-OH is 1. The van der Waals surface area contributed by atoms with Gasteiger partial charge in [-0.15, -0.1) is 0 Å². The third-order valence-corrected chi connectivity index (χ3v) is 3.41. The molecule has 0 heterocycles. The average Bonchev–Trinajstić information content (AvgIpc) is 2.12. The standard InChI is InChI=1S/C12H27NO/c1-6-11(8-14)7-13-9-12(4,5)10(2)3/h10-11,13-14H,6-9H2,1-5H3. The fourth-order valence-corrected chi connectivity index (χ4v) is 1.14. The Morgan fingerprint density at radius 3 is 2.21 bits per heavy atom. The summed E-state index contributed by atoms with van der Waals surface area (Å²) in [5, 5.41) is 12.5. The molecular formula is C12H27NO. The highest BCUT2D eigenvalue weighted by molar-refractivity contribution is 4.75. The van der Waals surface area contributed by atoms with Crippen LogP contribution < -0.4 is 5.32 Å². The van der Waals surface area contributed by atoms with Crippen LogP contribution >= 0.6 is 0 Å². The van der Waals surface area contributed by atoms with Crippen LogP contribution in [0, 0.1) is 17.3 Å². The van der Waals surface area contributed by atoms with Crippen LogP contribution in [-0.2, 0) is 0 Å². The van der Waals surface area contributed by atoms with Gasteiger partial charge in [0, 0.05) is 19.7 Å². The topological polar surface area (TPSA) is 32.3 Å². The van der Waals surface area contributed by atoms with E-state index in [0.29, 0.717) is 23.9 Å². The van der Waals surface area contributed by atoms with E-state index in [1.807, 2.05) is 0 Å². The number of nitrogens with one attached hydrogen (secondary N) is 1. The maximum atomic E-state index is 9.02. The van der Waals surface area contributed by atoms with Gasteiger partial charge in [-0.2, -0.15) is 0 Å². The predicted molar refractivity (Wildman–Crippen MR) is 62.4 cm³/mol. The van der Waals surface area contributed by atoms with Crippen molar-refractivity contribution in [2.24, 2.45) is 17.3 Å². The Bertz CT molecular complexity index is 139. The van der Waals surface area contributed by atoms with Gasteiger partial charge in [0.15, 0.2) is 0 Å².